The van der Waals surface area contributed by atoms with Crippen LogP contribution < -0.4 is 10.9 Å². The predicted molar refractivity (Wildman–Crippen MR) is 105 cm³/mol. The lowest BCUT2D eigenvalue weighted by atomic mass is 9.97. The quantitative estimate of drug-likeness (QED) is 0.462. The Hall–Kier alpha value is -2.15. The molecule has 26 heavy (non-hydrogen) atoms. The molecule has 2 aromatic heterocycles. The molecular weight excluding hydrogens is 348 g/mol. The molecule has 0 saturated carbocycles. The van der Waals surface area contributed by atoms with Gasteiger partial charge in [-0.1, -0.05) is 23.4 Å². The fourth-order valence-electron chi connectivity index (χ4n) is 3.21. The van der Waals surface area contributed by atoms with E-state index in [9.17, 15) is 9.59 Å². The molecule has 0 aromatic carbocycles. The Bertz CT molecular complexity index is 904. The lowest BCUT2D eigenvalue weighted by Gasteiger charge is -2.12. The number of nitrogens with zero attached hydrogens (tertiary/aromatic N) is 2. The van der Waals surface area contributed by atoms with Crippen LogP contribution in [0.15, 0.2) is 27.7 Å². The predicted octanol–water partition coefficient (Wildman–Crippen LogP) is 3.03. The van der Waals surface area contributed by atoms with E-state index in [0.717, 1.165) is 30.5 Å². The zero-order chi connectivity index (χ0) is 18.5. The third-order valence-corrected chi connectivity index (χ3v) is 5.35. The number of aromatic amines is 1. The number of aromatic nitrogens is 3. The summed E-state index contributed by atoms with van der Waals surface area (Å²) < 4.78 is 0. The maximum absolute atomic E-state index is 12.3. The molecule has 7 heteroatoms. The number of nitrogens with one attached hydrogen (secondary N) is 2. The van der Waals surface area contributed by atoms with E-state index in [1.807, 2.05) is 19.9 Å². The van der Waals surface area contributed by atoms with Crippen molar-refractivity contribution in [2.24, 2.45) is 0 Å². The number of rotatable bonds is 6. The number of amides is 1. The number of allylic oxidation sites excluding steroid dienone is 1. The molecule has 1 aliphatic rings. The molecule has 2 heterocycles. The van der Waals surface area contributed by atoms with Gasteiger partial charge < -0.3 is 10.3 Å². The molecular formula is C19H24N4O2S. The van der Waals surface area contributed by atoms with Crippen LogP contribution in [-0.4, -0.2) is 33.2 Å². The second-order valence-electron chi connectivity index (χ2n) is 6.65. The molecule has 1 amide bonds. The van der Waals surface area contributed by atoms with Crippen LogP contribution in [0.4, 0.5) is 0 Å². The molecule has 0 radical (unpaired) electrons. The summed E-state index contributed by atoms with van der Waals surface area (Å²) in [6.07, 6.45) is 8.06. The number of hydrogen-bond acceptors (Lipinski definition) is 5. The van der Waals surface area contributed by atoms with Crippen molar-refractivity contribution in [1.82, 2.24) is 20.3 Å². The van der Waals surface area contributed by atoms with Crippen molar-refractivity contribution in [1.29, 1.82) is 0 Å². The Labute approximate surface area is 156 Å². The monoisotopic (exact) mass is 372 g/mol. The lowest BCUT2D eigenvalue weighted by molar-refractivity contribution is -0.118. The summed E-state index contributed by atoms with van der Waals surface area (Å²) in [4.78, 5) is 35.8. The van der Waals surface area contributed by atoms with Gasteiger partial charge in [0.2, 0.25) is 5.91 Å². The number of hydrogen-bond donors (Lipinski definition) is 2. The van der Waals surface area contributed by atoms with Gasteiger partial charge in [-0.05, 0) is 57.6 Å². The Kier molecular flexibility index (Phi) is 6.08. The normalized spacial score (nSPS) is 14.3. The summed E-state index contributed by atoms with van der Waals surface area (Å²) in [5.41, 5.74) is 3.33. The van der Waals surface area contributed by atoms with Crippen LogP contribution in [0, 0.1) is 13.8 Å². The van der Waals surface area contributed by atoms with Gasteiger partial charge in [-0.25, -0.2) is 9.97 Å². The summed E-state index contributed by atoms with van der Waals surface area (Å²) in [5, 5.41) is 3.86. The third kappa shape index (κ3) is 4.72. The van der Waals surface area contributed by atoms with E-state index in [4.69, 9.17) is 0 Å². The van der Waals surface area contributed by atoms with Crippen LogP contribution in [0.2, 0.25) is 0 Å². The molecule has 2 N–H and O–H groups in total. The van der Waals surface area contributed by atoms with Crippen LogP contribution >= 0.6 is 11.8 Å². The second kappa shape index (κ2) is 8.49. The molecule has 2 aromatic rings. The highest BCUT2D eigenvalue weighted by molar-refractivity contribution is 7.99. The number of pyridine rings is 1. The first kappa shape index (κ1) is 18.6. The van der Waals surface area contributed by atoms with Crippen LogP contribution in [0.25, 0.3) is 11.0 Å². The van der Waals surface area contributed by atoms with Gasteiger partial charge in [-0.2, -0.15) is 0 Å². The fraction of sp³-hybridized carbons (Fsp3) is 0.474. The molecule has 0 atom stereocenters. The van der Waals surface area contributed by atoms with E-state index in [1.54, 1.807) is 0 Å². The summed E-state index contributed by atoms with van der Waals surface area (Å²) in [7, 11) is 0. The Morgan fingerprint density at radius 3 is 2.92 bits per heavy atom. The second-order valence-corrected chi connectivity index (χ2v) is 7.61. The standard InChI is InChI=1S/C19H24N4O2S/c1-12-10-13(2)21-17-16(12)18(25)23-19(22-17)26-11-15(24)20-9-8-14-6-4-3-5-7-14/h6,10H,3-5,7-9,11H2,1-2H3,(H,20,24)(H,21,22,23,25). The highest BCUT2D eigenvalue weighted by Crippen LogP contribution is 2.19. The van der Waals surface area contributed by atoms with Gasteiger partial charge in [-0.15, -0.1) is 0 Å². The molecule has 0 unspecified atom stereocenters. The van der Waals surface area contributed by atoms with Crippen LogP contribution in [-0.2, 0) is 4.79 Å². The molecule has 6 nitrogen and oxygen atoms in total. The van der Waals surface area contributed by atoms with Crippen molar-refractivity contribution in [3.63, 3.8) is 0 Å². The zero-order valence-corrected chi connectivity index (χ0v) is 16.0. The topological polar surface area (TPSA) is 87.7 Å². The minimum atomic E-state index is -0.216. The summed E-state index contributed by atoms with van der Waals surface area (Å²) in [5.74, 6) is 0.167. The van der Waals surface area contributed by atoms with E-state index in [2.05, 4.69) is 26.3 Å². The van der Waals surface area contributed by atoms with Crippen molar-refractivity contribution in [3.8, 4) is 0 Å². The molecule has 0 saturated heterocycles. The Morgan fingerprint density at radius 2 is 2.15 bits per heavy atom. The van der Waals surface area contributed by atoms with Gasteiger partial charge in [0, 0.05) is 12.2 Å². The summed E-state index contributed by atoms with van der Waals surface area (Å²) in [6.45, 7) is 4.40. The molecule has 0 spiro atoms. The van der Waals surface area contributed by atoms with Crippen molar-refractivity contribution in [2.75, 3.05) is 12.3 Å². The van der Waals surface area contributed by atoms with Gasteiger partial charge in [0.25, 0.3) is 5.56 Å². The summed E-state index contributed by atoms with van der Waals surface area (Å²) in [6, 6.07) is 1.86. The SMILES string of the molecule is Cc1cc(C)c2c(=O)[nH]c(SCC(=O)NCCC3=CCCCC3)nc2n1. The van der Waals surface area contributed by atoms with E-state index in [1.165, 1.54) is 30.2 Å². The highest BCUT2D eigenvalue weighted by Gasteiger charge is 2.11. The average Bonchev–Trinajstić information content (AvgIpc) is 2.60. The van der Waals surface area contributed by atoms with Gasteiger partial charge in [0.15, 0.2) is 10.8 Å². The maximum Gasteiger partial charge on any atom is 0.261 e. The minimum absolute atomic E-state index is 0.0532. The molecule has 0 aliphatic heterocycles. The van der Waals surface area contributed by atoms with Crippen LogP contribution in [0.3, 0.4) is 0 Å². The largest absolute Gasteiger partial charge is 0.355 e. The highest BCUT2D eigenvalue weighted by atomic mass is 32.2. The van der Waals surface area contributed by atoms with Gasteiger partial charge >= 0.3 is 0 Å². The lowest BCUT2D eigenvalue weighted by Crippen LogP contribution is -2.26. The maximum atomic E-state index is 12.3. The number of thioether (sulfide) groups is 1. The first-order valence-electron chi connectivity index (χ1n) is 8.98. The van der Waals surface area contributed by atoms with E-state index in [0.29, 0.717) is 22.7 Å². The van der Waals surface area contributed by atoms with Gasteiger partial charge in [0.1, 0.15) is 0 Å². The smallest absolute Gasteiger partial charge is 0.261 e. The number of fused-ring (bicyclic) bond motifs is 1. The van der Waals surface area contributed by atoms with Crippen LogP contribution in [0.1, 0.15) is 43.4 Å². The summed E-state index contributed by atoms with van der Waals surface area (Å²) >= 11 is 1.22. The molecule has 138 valence electrons. The number of carbonyl (C=O) groups is 1. The first-order chi connectivity index (χ1) is 12.5. The van der Waals surface area contributed by atoms with Crippen molar-refractivity contribution in [2.45, 2.75) is 51.1 Å². The van der Waals surface area contributed by atoms with Gasteiger partial charge in [0.05, 0.1) is 11.1 Å². The fourth-order valence-corrected chi connectivity index (χ4v) is 3.90. The average molecular weight is 372 g/mol. The molecule has 0 bridgehead atoms. The van der Waals surface area contributed by atoms with Gasteiger partial charge in [-0.3, -0.25) is 9.59 Å². The van der Waals surface area contributed by atoms with E-state index >= 15 is 0 Å². The Balaban J connectivity index is 1.56. The molecule has 1 aliphatic carbocycles. The van der Waals surface area contributed by atoms with Crippen molar-refractivity contribution >= 4 is 28.7 Å². The molecule has 0 fully saturated rings. The number of aryl methyl sites for hydroxylation is 2. The van der Waals surface area contributed by atoms with E-state index in [-0.39, 0.29) is 17.2 Å². The first-order valence-corrected chi connectivity index (χ1v) is 9.97. The van der Waals surface area contributed by atoms with Crippen molar-refractivity contribution in [3.05, 3.63) is 39.3 Å². The third-order valence-electron chi connectivity index (χ3n) is 4.47. The van der Waals surface area contributed by atoms with E-state index < -0.39 is 0 Å². The van der Waals surface area contributed by atoms with Crippen LogP contribution in [0.5, 0.6) is 0 Å². The van der Waals surface area contributed by atoms with Crippen molar-refractivity contribution < 1.29 is 4.79 Å². The molecule has 3 rings (SSSR count). The minimum Gasteiger partial charge on any atom is -0.355 e. The number of H-pyrrole nitrogens is 1. The number of carbonyl (C=O) groups excluding carboxylic acids is 1. The zero-order valence-electron chi connectivity index (χ0n) is 15.2. The Morgan fingerprint density at radius 1 is 1.31 bits per heavy atom.